The van der Waals surface area contributed by atoms with Crippen molar-refractivity contribution in [3.63, 3.8) is 0 Å². The molecular formula is C25H19N5O6S2. The van der Waals surface area contributed by atoms with Gasteiger partial charge in [-0.05, 0) is 54.2 Å². The molecule has 1 N–H and O–H groups in total. The summed E-state index contributed by atoms with van der Waals surface area (Å²) in [6.07, 6.45) is 1.38. The molecule has 0 saturated carbocycles. The summed E-state index contributed by atoms with van der Waals surface area (Å²) in [5.74, 6) is 1.47. The molecule has 0 spiro atoms. The van der Waals surface area contributed by atoms with E-state index in [1.54, 1.807) is 18.2 Å². The lowest BCUT2D eigenvalue weighted by molar-refractivity contribution is -0.384. The Hall–Kier alpha value is -4.36. The first-order valence-electron chi connectivity index (χ1n) is 11.2. The molecule has 1 amide bonds. The fraction of sp³-hybridized carbons (Fsp3) is 0.120. The van der Waals surface area contributed by atoms with Crippen LogP contribution in [0.3, 0.4) is 0 Å². The minimum absolute atomic E-state index is 0.0121. The number of fused-ring (bicyclic) bond motifs is 1. The van der Waals surface area contributed by atoms with Crippen molar-refractivity contribution in [1.29, 1.82) is 5.41 Å². The van der Waals surface area contributed by atoms with Crippen LogP contribution >= 0.6 is 23.5 Å². The quantitative estimate of drug-likeness (QED) is 0.172. The van der Waals surface area contributed by atoms with Gasteiger partial charge in [0, 0.05) is 5.75 Å². The SMILES string of the molecule is COc1ccc(-c2ccc(/C=C3\C(=N)N4N=C(SCCOc5ccccc5)SC4=NC3=O)o2)c([N+](=O)[O-])c1. The highest BCUT2D eigenvalue weighted by Gasteiger charge is 2.36. The van der Waals surface area contributed by atoms with E-state index in [0.29, 0.717) is 27.7 Å². The molecule has 0 aliphatic carbocycles. The molecule has 38 heavy (non-hydrogen) atoms. The number of hydrogen-bond acceptors (Lipinski definition) is 10. The van der Waals surface area contributed by atoms with Gasteiger partial charge in [-0.15, -0.1) is 5.10 Å². The number of para-hydroxylation sites is 1. The number of hydrazone groups is 1. The number of thioether (sulfide) groups is 2. The Balaban J connectivity index is 1.29. The molecule has 3 aromatic rings. The van der Waals surface area contributed by atoms with Gasteiger partial charge >= 0.3 is 0 Å². The zero-order valence-electron chi connectivity index (χ0n) is 19.8. The lowest BCUT2D eigenvalue weighted by Gasteiger charge is -2.19. The van der Waals surface area contributed by atoms with Crippen LogP contribution in [0.1, 0.15) is 5.76 Å². The lowest BCUT2D eigenvalue weighted by Crippen LogP contribution is -2.35. The smallest absolute Gasteiger partial charge is 0.284 e. The molecule has 0 bridgehead atoms. The lowest BCUT2D eigenvalue weighted by atomic mass is 10.1. The molecule has 2 aromatic carbocycles. The maximum atomic E-state index is 12.7. The second kappa shape index (κ2) is 10.9. The van der Waals surface area contributed by atoms with E-state index in [-0.39, 0.29) is 34.2 Å². The summed E-state index contributed by atoms with van der Waals surface area (Å²) < 4.78 is 17.2. The Kier molecular flexibility index (Phi) is 7.29. The number of carbonyl (C=O) groups excluding carboxylic acids is 1. The Morgan fingerprint density at radius 3 is 2.76 bits per heavy atom. The molecule has 2 aliphatic rings. The van der Waals surface area contributed by atoms with Gasteiger partial charge in [0.05, 0.1) is 35.8 Å². The van der Waals surface area contributed by atoms with Crippen LogP contribution in [0.2, 0.25) is 0 Å². The number of nitrogens with one attached hydrogen (secondary N) is 1. The first kappa shape index (κ1) is 25.3. The number of hydrogen-bond donors (Lipinski definition) is 1. The van der Waals surface area contributed by atoms with Crippen molar-refractivity contribution in [1.82, 2.24) is 5.01 Å². The monoisotopic (exact) mass is 549 g/mol. The van der Waals surface area contributed by atoms with Crippen LogP contribution in [0, 0.1) is 15.5 Å². The number of ether oxygens (including phenoxy) is 2. The van der Waals surface area contributed by atoms with Crippen molar-refractivity contribution in [2.75, 3.05) is 19.5 Å². The number of benzene rings is 2. The van der Waals surface area contributed by atoms with E-state index in [1.807, 2.05) is 30.3 Å². The predicted octanol–water partition coefficient (Wildman–Crippen LogP) is 5.25. The molecular weight excluding hydrogens is 530 g/mol. The van der Waals surface area contributed by atoms with E-state index in [2.05, 4.69) is 10.1 Å². The fourth-order valence-corrected chi connectivity index (χ4v) is 5.37. The van der Waals surface area contributed by atoms with E-state index in [4.69, 9.17) is 19.3 Å². The molecule has 5 rings (SSSR count). The van der Waals surface area contributed by atoms with Crippen LogP contribution in [0.25, 0.3) is 17.4 Å². The van der Waals surface area contributed by atoms with Crippen LogP contribution in [0.4, 0.5) is 5.69 Å². The summed E-state index contributed by atoms with van der Waals surface area (Å²) in [7, 11) is 1.42. The third-order valence-corrected chi connectivity index (χ3v) is 7.34. The molecule has 2 aliphatic heterocycles. The zero-order valence-corrected chi connectivity index (χ0v) is 21.5. The summed E-state index contributed by atoms with van der Waals surface area (Å²) in [6, 6.07) is 17.0. The molecule has 11 nitrogen and oxygen atoms in total. The molecule has 192 valence electrons. The normalized spacial score (nSPS) is 15.8. The van der Waals surface area contributed by atoms with Gasteiger partial charge in [0.1, 0.15) is 23.0 Å². The molecule has 0 fully saturated rings. The average molecular weight is 550 g/mol. The third kappa shape index (κ3) is 5.33. The molecule has 3 heterocycles. The predicted molar refractivity (Wildman–Crippen MR) is 147 cm³/mol. The molecule has 1 aromatic heterocycles. The molecule has 0 saturated heterocycles. The average Bonchev–Trinajstić information content (AvgIpc) is 3.56. The van der Waals surface area contributed by atoms with E-state index in [1.165, 1.54) is 53.9 Å². The second-order valence-corrected chi connectivity index (χ2v) is 10.0. The van der Waals surface area contributed by atoms with Gasteiger partial charge in [-0.25, -0.2) is 0 Å². The minimum Gasteiger partial charge on any atom is -0.497 e. The van der Waals surface area contributed by atoms with E-state index >= 15 is 0 Å². The summed E-state index contributed by atoms with van der Waals surface area (Å²) in [5, 5.41) is 26.1. The highest BCUT2D eigenvalue weighted by molar-refractivity contribution is 8.45. The van der Waals surface area contributed by atoms with Crippen LogP contribution in [0.15, 0.2) is 80.7 Å². The topological polar surface area (TPSA) is 144 Å². The van der Waals surface area contributed by atoms with Crippen molar-refractivity contribution < 1.29 is 23.6 Å². The first-order valence-corrected chi connectivity index (χ1v) is 13.0. The summed E-state index contributed by atoms with van der Waals surface area (Å²) in [5.41, 5.74) is 0.0578. The second-order valence-electron chi connectivity index (χ2n) is 7.74. The van der Waals surface area contributed by atoms with Crippen LogP contribution in [-0.4, -0.2) is 50.7 Å². The van der Waals surface area contributed by atoms with Crippen LogP contribution < -0.4 is 9.47 Å². The molecule has 13 heteroatoms. The first-order chi connectivity index (χ1) is 18.4. The van der Waals surface area contributed by atoms with Crippen molar-refractivity contribution in [2.24, 2.45) is 10.1 Å². The summed E-state index contributed by atoms with van der Waals surface area (Å²) in [4.78, 5) is 27.8. The number of nitro groups is 1. The Bertz CT molecular complexity index is 1520. The highest BCUT2D eigenvalue weighted by Crippen LogP contribution is 2.36. The van der Waals surface area contributed by atoms with E-state index < -0.39 is 10.8 Å². The number of aliphatic imine (C=N–C) groups is 1. The Labute approximate surface area is 224 Å². The van der Waals surface area contributed by atoms with Gasteiger partial charge in [-0.3, -0.25) is 20.3 Å². The molecule has 0 atom stereocenters. The van der Waals surface area contributed by atoms with Gasteiger partial charge in [0.15, 0.2) is 10.2 Å². The van der Waals surface area contributed by atoms with Gasteiger partial charge in [-0.1, -0.05) is 30.0 Å². The maximum Gasteiger partial charge on any atom is 0.284 e. The van der Waals surface area contributed by atoms with Gasteiger partial charge < -0.3 is 13.9 Å². The Morgan fingerprint density at radius 1 is 1.18 bits per heavy atom. The van der Waals surface area contributed by atoms with Crippen molar-refractivity contribution >= 4 is 56.6 Å². The molecule has 0 radical (unpaired) electrons. The third-order valence-electron chi connectivity index (χ3n) is 5.34. The van der Waals surface area contributed by atoms with Gasteiger partial charge in [0.2, 0.25) is 5.17 Å². The number of amidine groups is 2. The van der Waals surface area contributed by atoms with Gasteiger partial charge in [0.25, 0.3) is 11.6 Å². The number of nitrogens with zero attached hydrogens (tertiary/aromatic N) is 4. The fourth-order valence-electron chi connectivity index (χ4n) is 3.55. The maximum absolute atomic E-state index is 12.7. The summed E-state index contributed by atoms with van der Waals surface area (Å²) in [6.45, 7) is 0.468. The number of carbonyl (C=O) groups is 1. The minimum atomic E-state index is -0.601. The van der Waals surface area contributed by atoms with Crippen LogP contribution in [0.5, 0.6) is 11.5 Å². The van der Waals surface area contributed by atoms with Gasteiger partial charge in [-0.2, -0.15) is 10.0 Å². The van der Waals surface area contributed by atoms with E-state index in [9.17, 15) is 14.9 Å². The number of methoxy groups -OCH3 is 1. The van der Waals surface area contributed by atoms with Crippen molar-refractivity contribution in [3.05, 3.63) is 82.1 Å². The highest BCUT2D eigenvalue weighted by atomic mass is 32.2. The number of furan rings is 1. The number of nitro benzene ring substituents is 1. The standard InChI is InChI=1S/C25H19N5O6S2/c1-34-16-7-9-18(20(14-16)30(32)33)21-10-8-17(36-21)13-19-22(26)29-24(27-23(19)31)38-25(28-29)37-12-11-35-15-5-3-2-4-6-15/h2-10,13-14,26H,11-12H2,1H3/b19-13+,26-22?. The van der Waals surface area contributed by atoms with Crippen LogP contribution in [-0.2, 0) is 4.79 Å². The number of rotatable bonds is 8. The Morgan fingerprint density at radius 2 is 2.00 bits per heavy atom. The zero-order chi connectivity index (χ0) is 26.6. The largest absolute Gasteiger partial charge is 0.497 e. The molecule has 0 unspecified atom stereocenters. The number of amides is 1. The summed E-state index contributed by atoms with van der Waals surface area (Å²) >= 11 is 2.65. The van der Waals surface area contributed by atoms with E-state index in [0.717, 1.165) is 5.75 Å². The van der Waals surface area contributed by atoms with Crippen molar-refractivity contribution in [2.45, 2.75) is 0 Å². The van der Waals surface area contributed by atoms with Crippen molar-refractivity contribution in [3.8, 4) is 22.8 Å².